The van der Waals surface area contributed by atoms with E-state index in [-0.39, 0.29) is 55.5 Å². The Morgan fingerprint density at radius 3 is 1.76 bits per heavy atom. The van der Waals surface area contributed by atoms with Crippen LogP contribution in [0.1, 0.15) is 13.8 Å². The molecule has 0 fully saturated rings. The minimum absolute atomic E-state index is 0. The van der Waals surface area contributed by atoms with Gasteiger partial charge in [0.2, 0.25) is 0 Å². The van der Waals surface area contributed by atoms with Gasteiger partial charge in [-0.05, 0) is 24.3 Å². The smallest absolute Gasteiger partial charge is 0.102 e. The van der Waals surface area contributed by atoms with E-state index in [9.17, 15) is 0 Å². The van der Waals surface area contributed by atoms with Gasteiger partial charge in [0.05, 0.1) is 5.69 Å². The standard InChI is InChI=1S/C10H15N3.4ClH/c1-7(2)10(12)13-9-5-3-8(11)4-6-9;;;;/h3-7H,11H2,1-2H3,(H2,12,13);4*1H. The third-order valence-electron chi connectivity index (χ3n) is 1.74. The molecule has 0 saturated carbocycles. The molecule has 1 rings (SSSR count). The van der Waals surface area contributed by atoms with E-state index in [0.29, 0.717) is 5.84 Å². The molecule has 7 heteroatoms. The van der Waals surface area contributed by atoms with Crippen molar-refractivity contribution in [1.29, 1.82) is 0 Å². The molecule has 1 aromatic carbocycles. The van der Waals surface area contributed by atoms with Crippen molar-refractivity contribution in [1.82, 2.24) is 0 Å². The molecule has 0 aromatic heterocycles. The SMILES string of the molecule is CC(C)C(N)=Nc1ccc(N)cc1.Cl.Cl.Cl.Cl. The molecule has 0 heterocycles. The van der Waals surface area contributed by atoms with Gasteiger partial charge in [-0.1, -0.05) is 13.8 Å². The highest BCUT2D eigenvalue weighted by molar-refractivity contribution is 5.86. The van der Waals surface area contributed by atoms with E-state index >= 15 is 0 Å². The minimum Gasteiger partial charge on any atom is -0.399 e. The van der Waals surface area contributed by atoms with Crippen LogP contribution in [0.15, 0.2) is 29.3 Å². The van der Waals surface area contributed by atoms with Gasteiger partial charge in [-0.25, -0.2) is 4.99 Å². The van der Waals surface area contributed by atoms with E-state index in [1.54, 1.807) is 0 Å². The monoisotopic (exact) mass is 321 g/mol. The number of benzene rings is 1. The molecule has 3 nitrogen and oxygen atoms in total. The van der Waals surface area contributed by atoms with Crippen LogP contribution in [-0.4, -0.2) is 5.84 Å². The minimum atomic E-state index is 0. The molecule has 102 valence electrons. The van der Waals surface area contributed by atoms with E-state index in [0.717, 1.165) is 11.4 Å². The van der Waals surface area contributed by atoms with E-state index in [4.69, 9.17) is 11.5 Å². The Kier molecular flexibility index (Phi) is 18.2. The van der Waals surface area contributed by atoms with Crippen LogP contribution in [0.3, 0.4) is 0 Å². The number of nitrogens with two attached hydrogens (primary N) is 2. The maximum atomic E-state index is 5.71. The van der Waals surface area contributed by atoms with Gasteiger partial charge in [-0.15, -0.1) is 49.6 Å². The fourth-order valence-electron chi connectivity index (χ4n) is 0.827. The molecule has 0 saturated heterocycles. The van der Waals surface area contributed by atoms with Crippen LogP contribution >= 0.6 is 49.6 Å². The Morgan fingerprint density at radius 2 is 1.41 bits per heavy atom. The van der Waals surface area contributed by atoms with Crippen molar-refractivity contribution in [3.8, 4) is 0 Å². The van der Waals surface area contributed by atoms with Crippen LogP contribution in [0.4, 0.5) is 11.4 Å². The Balaban J connectivity index is -0.000000211. The lowest BCUT2D eigenvalue weighted by atomic mass is 10.2. The van der Waals surface area contributed by atoms with Gasteiger partial charge in [-0.3, -0.25) is 0 Å². The van der Waals surface area contributed by atoms with Gasteiger partial charge in [-0.2, -0.15) is 0 Å². The van der Waals surface area contributed by atoms with Crippen molar-refractivity contribution in [2.75, 3.05) is 5.73 Å². The summed E-state index contributed by atoms with van der Waals surface area (Å²) in [6.07, 6.45) is 0. The second kappa shape index (κ2) is 12.1. The fraction of sp³-hybridized carbons (Fsp3) is 0.300. The van der Waals surface area contributed by atoms with Crippen LogP contribution in [0, 0.1) is 5.92 Å². The number of nitrogen functional groups attached to an aromatic ring is 1. The summed E-state index contributed by atoms with van der Waals surface area (Å²) < 4.78 is 0. The summed E-state index contributed by atoms with van der Waals surface area (Å²) in [5.74, 6) is 0.919. The van der Waals surface area contributed by atoms with Gasteiger partial charge < -0.3 is 11.5 Å². The second-order valence-electron chi connectivity index (χ2n) is 3.28. The summed E-state index contributed by atoms with van der Waals surface area (Å²) in [6, 6.07) is 7.33. The second-order valence-corrected chi connectivity index (χ2v) is 3.28. The highest BCUT2D eigenvalue weighted by Crippen LogP contribution is 2.14. The van der Waals surface area contributed by atoms with E-state index < -0.39 is 0 Å². The molecule has 0 aliphatic heterocycles. The summed E-state index contributed by atoms with van der Waals surface area (Å²) in [4.78, 5) is 4.24. The predicted molar refractivity (Wildman–Crippen MR) is 86.0 cm³/mol. The molecule has 0 spiro atoms. The lowest BCUT2D eigenvalue weighted by Gasteiger charge is -2.03. The van der Waals surface area contributed by atoms with Crippen LogP contribution in [0.2, 0.25) is 0 Å². The molecule has 0 aliphatic carbocycles. The maximum Gasteiger partial charge on any atom is 0.102 e. The van der Waals surface area contributed by atoms with Crippen LogP contribution in [0.25, 0.3) is 0 Å². The average molecular weight is 323 g/mol. The highest BCUT2D eigenvalue weighted by atomic mass is 35.5. The van der Waals surface area contributed by atoms with Gasteiger partial charge in [0.1, 0.15) is 5.84 Å². The molecular formula is C10H19Cl4N3. The Morgan fingerprint density at radius 1 is 1.00 bits per heavy atom. The summed E-state index contributed by atoms with van der Waals surface area (Å²) >= 11 is 0. The first-order valence-corrected chi connectivity index (χ1v) is 4.29. The van der Waals surface area contributed by atoms with Crippen LogP contribution in [-0.2, 0) is 0 Å². The quantitative estimate of drug-likeness (QED) is 0.496. The first kappa shape index (κ1) is 25.5. The lowest BCUT2D eigenvalue weighted by molar-refractivity contribution is 0.873. The van der Waals surface area contributed by atoms with Crippen molar-refractivity contribution in [3.63, 3.8) is 0 Å². The number of amidine groups is 1. The first-order valence-electron chi connectivity index (χ1n) is 4.29. The normalized spacial score (nSPS) is 9.24. The number of rotatable bonds is 2. The molecule has 1 aromatic rings. The van der Waals surface area contributed by atoms with Crippen molar-refractivity contribution in [3.05, 3.63) is 24.3 Å². The molecular weight excluding hydrogens is 304 g/mol. The number of nitrogens with zero attached hydrogens (tertiary/aromatic N) is 1. The molecule has 0 aliphatic rings. The Bertz CT molecular complexity index is 312. The molecule has 0 unspecified atom stereocenters. The maximum absolute atomic E-state index is 5.71. The average Bonchev–Trinajstić information content (AvgIpc) is 2.08. The van der Waals surface area contributed by atoms with Crippen LogP contribution in [0.5, 0.6) is 0 Å². The molecule has 17 heavy (non-hydrogen) atoms. The van der Waals surface area contributed by atoms with Gasteiger partial charge >= 0.3 is 0 Å². The predicted octanol–water partition coefficient (Wildman–Crippen LogP) is 3.60. The van der Waals surface area contributed by atoms with Crippen molar-refractivity contribution < 1.29 is 0 Å². The Labute approximate surface area is 127 Å². The van der Waals surface area contributed by atoms with Crippen molar-refractivity contribution in [2.24, 2.45) is 16.6 Å². The van der Waals surface area contributed by atoms with Crippen molar-refractivity contribution in [2.45, 2.75) is 13.8 Å². The zero-order chi connectivity index (χ0) is 9.84. The number of halogens is 4. The van der Waals surface area contributed by atoms with E-state index in [1.807, 2.05) is 38.1 Å². The lowest BCUT2D eigenvalue weighted by Crippen LogP contribution is -2.17. The molecule has 0 atom stereocenters. The van der Waals surface area contributed by atoms with E-state index in [2.05, 4.69) is 4.99 Å². The molecule has 0 radical (unpaired) electrons. The number of anilines is 1. The third kappa shape index (κ3) is 9.36. The van der Waals surface area contributed by atoms with Gasteiger partial charge in [0, 0.05) is 11.6 Å². The number of hydrogen-bond donors (Lipinski definition) is 2. The topological polar surface area (TPSA) is 64.4 Å². The largest absolute Gasteiger partial charge is 0.399 e. The third-order valence-corrected chi connectivity index (χ3v) is 1.74. The number of aliphatic imine (C=N–C) groups is 1. The highest BCUT2D eigenvalue weighted by Gasteiger charge is 1.98. The molecule has 0 amide bonds. The summed E-state index contributed by atoms with van der Waals surface area (Å²) in [6.45, 7) is 4.02. The number of hydrogen-bond acceptors (Lipinski definition) is 2. The summed E-state index contributed by atoms with van der Waals surface area (Å²) in [5.41, 5.74) is 12.8. The van der Waals surface area contributed by atoms with Gasteiger partial charge in [0.15, 0.2) is 0 Å². The zero-order valence-electron chi connectivity index (χ0n) is 9.62. The summed E-state index contributed by atoms with van der Waals surface area (Å²) in [5, 5.41) is 0. The first-order chi connectivity index (χ1) is 6.09. The fourth-order valence-corrected chi connectivity index (χ4v) is 0.827. The Hall–Kier alpha value is -0.350. The van der Waals surface area contributed by atoms with Crippen LogP contribution < -0.4 is 11.5 Å². The summed E-state index contributed by atoms with van der Waals surface area (Å²) in [7, 11) is 0. The zero-order valence-corrected chi connectivity index (χ0v) is 12.9. The van der Waals surface area contributed by atoms with Gasteiger partial charge in [0.25, 0.3) is 0 Å². The van der Waals surface area contributed by atoms with Crippen molar-refractivity contribution >= 4 is 66.8 Å². The van der Waals surface area contributed by atoms with E-state index in [1.165, 1.54) is 0 Å². The molecule has 4 N–H and O–H groups in total. The molecule has 0 bridgehead atoms.